The van der Waals surface area contributed by atoms with Crippen LogP contribution >= 0.6 is 0 Å². The molecule has 2 amide bonds. The van der Waals surface area contributed by atoms with Gasteiger partial charge >= 0.3 is 5.63 Å². The molecule has 7 nitrogen and oxygen atoms in total. The highest BCUT2D eigenvalue weighted by atomic mass is 16.5. The van der Waals surface area contributed by atoms with Crippen LogP contribution in [0.4, 0.5) is 0 Å². The van der Waals surface area contributed by atoms with Gasteiger partial charge < -0.3 is 19.4 Å². The highest BCUT2D eigenvalue weighted by molar-refractivity contribution is 5.83. The van der Waals surface area contributed by atoms with Crippen LogP contribution in [0.5, 0.6) is 5.75 Å². The zero-order valence-electron chi connectivity index (χ0n) is 16.4. The molecule has 0 atom stereocenters. The Kier molecular flexibility index (Phi) is 6.34. The van der Waals surface area contributed by atoms with Crippen molar-refractivity contribution in [1.29, 1.82) is 0 Å². The summed E-state index contributed by atoms with van der Waals surface area (Å²) in [6, 6.07) is 5.36. The Balaban J connectivity index is 1.53. The van der Waals surface area contributed by atoms with Gasteiger partial charge in [-0.15, -0.1) is 0 Å². The van der Waals surface area contributed by atoms with Crippen molar-refractivity contribution in [2.45, 2.75) is 39.0 Å². The Morgan fingerprint density at radius 3 is 2.86 bits per heavy atom. The quantitative estimate of drug-likeness (QED) is 0.555. The van der Waals surface area contributed by atoms with Crippen LogP contribution in [0, 0.1) is 6.92 Å². The van der Waals surface area contributed by atoms with Gasteiger partial charge in [0.2, 0.25) is 11.8 Å². The fourth-order valence-electron chi connectivity index (χ4n) is 3.56. The van der Waals surface area contributed by atoms with Crippen LogP contribution in [0.3, 0.4) is 0 Å². The van der Waals surface area contributed by atoms with E-state index in [1.807, 2.05) is 24.0 Å². The van der Waals surface area contributed by atoms with E-state index in [1.54, 1.807) is 13.2 Å². The lowest BCUT2D eigenvalue weighted by Gasteiger charge is -2.15. The van der Waals surface area contributed by atoms with Crippen molar-refractivity contribution in [2.24, 2.45) is 0 Å². The van der Waals surface area contributed by atoms with Gasteiger partial charge in [0, 0.05) is 49.5 Å². The Labute approximate surface area is 163 Å². The number of benzene rings is 1. The number of likely N-dealkylation sites (tertiary alicyclic amines) is 1. The number of nitrogens with one attached hydrogen (secondary N) is 1. The number of carbonyl (C=O) groups excluding carboxylic acids is 2. The van der Waals surface area contributed by atoms with Gasteiger partial charge in [0.05, 0.1) is 7.11 Å². The molecule has 3 rings (SSSR count). The molecule has 0 spiro atoms. The molecule has 7 heteroatoms. The van der Waals surface area contributed by atoms with Crippen molar-refractivity contribution in [1.82, 2.24) is 10.2 Å². The van der Waals surface area contributed by atoms with Gasteiger partial charge in [-0.2, -0.15) is 0 Å². The topological polar surface area (TPSA) is 88.9 Å². The molecule has 0 bridgehead atoms. The lowest BCUT2D eigenvalue weighted by Crippen LogP contribution is -2.31. The second kappa shape index (κ2) is 8.91. The molecule has 1 aliphatic heterocycles. The number of ether oxygens (including phenoxy) is 1. The van der Waals surface area contributed by atoms with Crippen LogP contribution in [0.1, 0.15) is 36.8 Å². The fourth-order valence-corrected chi connectivity index (χ4v) is 3.56. The zero-order chi connectivity index (χ0) is 20.1. The smallest absolute Gasteiger partial charge is 0.339 e. The Bertz CT molecular complexity index is 934. The molecule has 1 aliphatic rings. The second-order valence-electron chi connectivity index (χ2n) is 7.04. The summed E-state index contributed by atoms with van der Waals surface area (Å²) in [5.74, 6) is 0.710. The molecule has 1 aromatic heterocycles. The van der Waals surface area contributed by atoms with Crippen LogP contribution < -0.4 is 15.7 Å². The van der Waals surface area contributed by atoms with Crippen molar-refractivity contribution in [2.75, 3.05) is 26.7 Å². The molecular formula is C21H26N2O5. The number of aryl methyl sites for hydroxylation is 1. The van der Waals surface area contributed by atoms with E-state index in [1.165, 1.54) is 0 Å². The predicted octanol–water partition coefficient (Wildman–Crippen LogP) is 2.17. The lowest BCUT2D eigenvalue weighted by molar-refractivity contribution is -0.127. The molecule has 1 fully saturated rings. The zero-order valence-corrected chi connectivity index (χ0v) is 16.4. The lowest BCUT2D eigenvalue weighted by atomic mass is 10.0. The van der Waals surface area contributed by atoms with Crippen molar-refractivity contribution >= 4 is 22.8 Å². The first-order chi connectivity index (χ1) is 13.5. The third-order valence-electron chi connectivity index (χ3n) is 5.19. The molecule has 0 aliphatic carbocycles. The number of methoxy groups -OCH3 is 1. The van der Waals surface area contributed by atoms with Gasteiger partial charge in [-0.05, 0) is 43.9 Å². The van der Waals surface area contributed by atoms with Gasteiger partial charge in [0.15, 0.2) is 0 Å². The SMILES string of the molecule is COc1ccc2c(C)c(CCC(=O)NCCCN3CCCC3=O)c(=O)oc2c1. The van der Waals surface area contributed by atoms with E-state index < -0.39 is 5.63 Å². The molecule has 2 heterocycles. The number of hydrogen-bond donors (Lipinski definition) is 1. The van der Waals surface area contributed by atoms with E-state index in [4.69, 9.17) is 9.15 Å². The van der Waals surface area contributed by atoms with Crippen LogP contribution in [0.2, 0.25) is 0 Å². The summed E-state index contributed by atoms with van der Waals surface area (Å²) >= 11 is 0. The van der Waals surface area contributed by atoms with Crippen molar-refractivity contribution in [3.05, 3.63) is 39.7 Å². The standard InChI is InChI=1S/C21H26N2O5/c1-14-16-7-6-15(27-2)13-18(16)28-21(26)17(14)8-9-19(24)22-10-4-12-23-11-3-5-20(23)25/h6-7,13H,3-5,8-12H2,1-2H3,(H,22,24). The third kappa shape index (κ3) is 4.52. The van der Waals surface area contributed by atoms with Gasteiger partial charge in [0.1, 0.15) is 11.3 Å². The first kappa shape index (κ1) is 19.9. The molecule has 1 N–H and O–H groups in total. The summed E-state index contributed by atoms with van der Waals surface area (Å²) in [5.41, 5.74) is 1.41. The monoisotopic (exact) mass is 386 g/mol. The predicted molar refractivity (Wildman–Crippen MR) is 106 cm³/mol. The average molecular weight is 386 g/mol. The average Bonchev–Trinajstić information content (AvgIpc) is 3.09. The highest BCUT2D eigenvalue weighted by Gasteiger charge is 2.19. The number of amides is 2. The number of fused-ring (bicyclic) bond motifs is 1. The van der Waals surface area contributed by atoms with Crippen molar-refractivity contribution < 1.29 is 18.7 Å². The minimum absolute atomic E-state index is 0.110. The molecule has 0 unspecified atom stereocenters. The largest absolute Gasteiger partial charge is 0.497 e. The summed E-state index contributed by atoms with van der Waals surface area (Å²) in [5, 5.41) is 3.70. The maximum atomic E-state index is 12.3. The van der Waals surface area contributed by atoms with Crippen molar-refractivity contribution in [3.63, 3.8) is 0 Å². The van der Waals surface area contributed by atoms with Gasteiger partial charge in [-0.3, -0.25) is 9.59 Å². The minimum atomic E-state index is -0.418. The maximum Gasteiger partial charge on any atom is 0.339 e. The molecule has 150 valence electrons. The van der Waals surface area contributed by atoms with Crippen LogP contribution in [0.25, 0.3) is 11.0 Å². The summed E-state index contributed by atoms with van der Waals surface area (Å²) in [6.45, 7) is 3.88. The molecular weight excluding hydrogens is 360 g/mol. The highest BCUT2D eigenvalue weighted by Crippen LogP contribution is 2.24. The molecule has 0 radical (unpaired) electrons. The number of rotatable bonds is 8. The maximum absolute atomic E-state index is 12.3. The minimum Gasteiger partial charge on any atom is -0.497 e. The molecule has 0 saturated carbocycles. The summed E-state index contributed by atoms with van der Waals surface area (Å²) < 4.78 is 10.6. The van der Waals surface area contributed by atoms with Gasteiger partial charge in [-0.25, -0.2) is 4.79 Å². The van der Waals surface area contributed by atoms with Crippen LogP contribution in [-0.4, -0.2) is 43.5 Å². The Morgan fingerprint density at radius 1 is 1.32 bits per heavy atom. The molecule has 28 heavy (non-hydrogen) atoms. The third-order valence-corrected chi connectivity index (χ3v) is 5.19. The van der Waals surface area contributed by atoms with E-state index >= 15 is 0 Å². The fraction of sp³-hybridized carbons (Fsp3) is 0.476. The first-order valence-corrected chi connectivity index (χ1v) is 9.64. The Morgan fingerprint density at radius 2 is 2.14 bits per heavy atom. The normalized spacial score (nSPS) is 13.9. The van der Waals surface area contributed by atoms with E-state index in [0.29, 0.717) is 42.8 Å². The van der Waals surface area contributed by atoms with E-state index in [0.717, 1.165) is 30.3 Å². The van der Waals surface area contributed by atoms with Gasteiger partial charge in [-0.1, -0.05) is 0 Å². The second-order valence-corrected chi connectivity index (χ2v) is 7.04. The summed E-state index contributed by atoms with van der Waals surface area (Å²) in [4.78, 5) is 37.8. The van der Waals surface area contributed by atoms with E-state index in [2.05, 4.69) is 5.32 Å². The van der Waals surface area contributed by atoms with Gasteiger partial charge in [0.25, 0.3) is 0 Å². The Hall–Kier alpha value is -2.83. The van der Waals surface area contributed by atoms with Crippen molar-refractivity contribution in [3.8, 4) is 5.75 Å². The number of carbonyl (C=O) groups is 2. The molecule has 1 saturated heterocycles. The molecule has 2 aromatic rings. The van der Waals surface area contributed by atoms with Crippen LogP contribution in [-0.2, 0) is 16.0 Å². The van der Waals surface area contributed by atoms with E-state index in [-0.39, 0.29) is 18.2 Å². The number of nitrogens with zero attached hydrogens (tertiary/aromatic N) is 1. The first-order valence-electron chi connectivity index (χ1n) is 9.64. The summed E-state index contributed by atoms with van der Waals surface area (Å²) in [7, 11) is 1.56. The summed E-state index contributed by atoms with van der Waals surface area (Å²) in [6.07, 6.45) is 2.83. The number of hydrogen-bond acceptors (Lipinski definition) is 5. The van der Waals surface area contributed by atoms with Crippen LogP contribution in [0.15, 0.2) is 27.4 Å². The molecule has 1 aromatic carbocycles. The van der Waals surface area contributed by atoms with E-state index in [9.17, 15) is 14.4 Å².